The summed E-state index contributed by atoms with van der Waals surface area (Å²) in [5, 5.41) is 3.02. The van der Waals surface area contributed by atoms with E-state index < -0.39 is 0 Å². The van der Waals surface area contributed by atoms with Crippen LogP contribution < -0.4 is 11.1 Å². The molecule has 4 nitrogen and oxygen atoms in total. The molecule has 0 spiro atoms. The van der Waals surface area contributed by atoms with Crippen LogP contribution in [0.2, 0.25) is 0 Å². The number of hydrogen-bond donors (Lipinski definition) is 2. The minimum atomic E-state index is 0.0333. The molecule has 0 aromatic heterocycles. The molecule has 1 atom stereocenters. The van der Waals surface area contributed by atoms with Crippen molar-refractivity contribution in [2.75, 3.05) is 19.6 Å². The lowest BCUT2D eigenvalue weighted by atomic mass is 10.0. The number of rotatable bonds is 6. The van der Waals surface area contributed by atoms with E-state index >= 15 is 0 Å². The molecule has 0 radical (unpaired) electrons. The van der Waals surface area contributed by atoms with Gasteiger partial charge in [0, 0.05) is 25.7 Å². The van der Waals surface area contributed by atoms with E-state index in [0.29, 0.717) is 12.6 Å². The maximum Gasteiger partial charge on any atom is 0.237 e. The summed E-state index contributed by atoms with van der Waals surface area (Å²) in [4.78, 5) is 14.4. The van der Waals surface area contributed by atoms with Gasteiger partial charge in [0.2, 0.25) is 5.91 Å². The van der Waals surface area contributed by atoms with Gasteiger partial charge < -0.3 is 11.1 Å². The van der Waals surface area contributed by atoms with Gasteiger partial charge in [0.1, 0.15) is 0 Å². The van der Waals surface area contributed by atoms with E-state index in [1.54, 1.807) is 0 Å². The fourth-order valence-electron chi connectivity index (χ4n) is 2.74. The highest BCUT2D eigenvalue weighted by Gasteiger charge is 2.30. The Morgan fingerprint density at radius 1 is 1.41 bits per heavy atom. The quantitative estimate of drug-likeness (QED) is 0.732. The Bertz CT molecular complexity index is 229. The molecular formula is C13H27N3O. The Labute approximate surface area is 105 Å². The van der Waals surface area contributed by atoms with E-state index in [4.69, 9.17) is 5.73 Å². The van der Waals surface area contributed by atoms with Crippen molar-refractivity contribution in [2.45, 2.75) is 58.0 Å². The number of amides is 1. The van der Waals surface area contributed by atoms with Crippen LogP contribution in [0.1, 0.15) is 46.0 Å². The van der Waals surface area contributed by atoms with Crippen LogP contribution in [0.4, 0.5) is 0 Å². The van der Waals surface area contributed by atoms with Crippen LogP contribution in [0, 0.1) is 0 Å². The number of nitrogens with one attached hydrogen (secondary N) is 1. The van der Waals surface area contributed by atoms with Crippen molar-refractivity contribution in [1.82, 2.24) is 10.2 Å². The maximum absolute atomic E-state index is 12.1. The van der Waals surface area contributed by atoms with Gasteiger partial charge in [-0.1, -0.05) is 13.8 Å². The zero-order chi connectivity index (χ0) is 12.7. The number of nitrogens with zero attached hydrogens (tertiary/aromatic N) is 1. The Kier molecular flexibility index (Phi) is 6.52. The van der Waals surface area contributed by atoms with Crippen LogP contribution in [0.25, 0.3) is 0 Å². The van der Waals surface area contributed by atoms with Gasteiger partial charge in [-0.15, -0.1) is 0 Å². The molecule has 4 heteroatoms. The van der Waals surface area contributed by atoms with Crippen molar-refractivity contribution in [3.8, 4) is 0 Å². The minimum absolute atomic E-state index is 0.0333. The molecule has 1 fully saturated rings. The topological polar surface area (TPSA) is 58.4 Å². The minimum Gasteiger partial charge on any atom is -0.355 e. The van der Waals surface area contributed by atoms with E-state index in [0.717, 1.165) is 45.2 Å². The Morgan fingerprint density at radius 3 is 2.71 bits per heavy atom. The van der Waals surface area contributed by atoms with E-state index in [1.165, 1.54) is 0 Å². The molecule has 1 heterocycles. The first-order valence-corrected chi connectivity index (χ1v) is 6.98. The first-order chi connectivity index (χ1) is 8.24. The Balaban J connectivity index is 2.75. The highest BCUT2D eigenvalue weighted by Crippen LogP contribution is 2.18. The van der Waals surface area contributed by atoms with Crippen molar-refractivity contribution in [2.24, 2.45) is 5.73 Å². The molecule has 1 unspecified atom stereocenters. The summed E-state index contributed by atoms with van der Waals surface area (Å²) < 4.78 is 0. The van der Waals surface area contributed by atoms with Gasteiger partial charge in [-0.2, -0.15) is 0 Å². The summed E-state index contributed by atoms with van der Waals surface area (Å²) in [6.07, 6.45) is 5.37. The SMILES string of the molecule is CCC(CC)N(CCN)C1CCCCNC1=O. The summed E-state index contributed by atoms with van der Waals surface area (Å²) in [5.74, 6) is 0.197. The summed E-state index contributed by atoms with van der Waals surface area (Å²) in [6.45, 7) is 6.65. The Hall–Kier alpha value is -0.610. The van der Waals surface area contributed by atoms with Crippen LogP contribution >= 0.6 is 0 Å². The average molecular weight is 241 g/mol. The normalized spacial score (nSPS) is 21.7. The van der Waals surface area contributed by atoms with Gasteiger partial charge >= 0.3 is 0 Å². The van der Waals surface area contributed by atoms with Crippen molar-refractivity contribution < 1.29 is 4.79 Å². The lowest BCUT2D eigenvalue weighted by Crippen LogP contribution is -2.51. The number of nitrogens with two attached hydrogens (primary N) is 1. The second-order valence-electron chi connectivity index (χ2n) is 4.80. The maximum atomic E-state index is 12.1. The van der Waals surface area contributed by atoms with Crippen LogP contribution in [-0.2, 0) is 4.79 Å². The van der Waals surface area contributed by atoms with Gasteiger partial charge in [-0.3, -0.25) is 9.69 Å². The molecule has 1 rings (SSSR count). The van der Waals surface area contributed by atoms with Gasteiger partial charge in [0.05, 0.1) is 6.04 Å². The molecule has 17 heavy (non-hydrogen) atoms. The standard InChI is InChI=1S/C13H27N3O/c1-3-11(4-2)16(10-8-14)12-7-5-6-9-15-13(12)17/h11-12H,3-10,14H2,1-2H3,(H,15,17). The van der Waals surface area contributed by atoms with Crippen LogP contribution in [-0.4, -0.2) is 42.5 Å². The van der Waals surface area contributed by atoms with Crippen LogP contribution in [0.3, 0.4) is 0 Å². The zero-order valence-corrected chi connectivity index (χ0v) is 11.2. The second-order valence-corrected chi connectivity index (χ2v) is 4.80. The van der Waals surface area contributed by atoms with Gasteiger partial charge in [0.15, 0.2) is 0 Å². The first kappa shape index (κ1) is 14.5. The number of carbonyl (C=O) groups is 1. The highest BCUT2D eigenvalue weighted by atomic mass is 16.2. The summed E-state index contributed by atoms with van der Waals surface area (Å²) in [7, 11) is 0. The number of carbonyl (C=O) groups excluding carboxylic acids is 1. The lowest BCUT2D eigenvalue weighted by Gasteiger charge is -2.35. The molecule has 100 valence electrons. The number of hydrogen-bond acceptors (Lipinski definition) is 3. The van der Waals surface area contributed by atoms with Crippen molar-refractivity contribution in [1.29, 1.82) is 0 Å². The molecule has 0 bridgehead atoms. The molecule has 3 N–H and O–H groups in total. The summed E-state index contributed by atoms with van der Waals surface area (Å²) in [6, 6.07) is 0.512. The second kappa shape index (κ2) is 7.67. The molecule has 1 saturated heterocycles. The predicted molar refractivity (Wildman–Crippen MR) is 70.8 cm³/mol. The fourth-order valence-corrected chi connectivity index (χ4v) is 2.74. The Morgan fingerprint density at radius 2 is 2.12 bits per heavy atom. The smallest absolute Gasteiger partial charge is 0.237 e. The lowest BCUT2D eigenvalue weighted by molar-refractivity contribution is -0.127. The van der Waals surface area contributed by atoms with E-state index in [1.807, 2.05) is 0 Å². The van der Waals surface area contributed by atoms with Crippen molar-refractivity contribution in [3.63, 3.8) is 0 Å². The van der Waals surface area contributed by atoms with Crippen LogP contribution in [0.15, 0.2) is 0 Å². The van der Waals surface area contributed by atoms with Gasteiger partial charge in [-0.05, 0) is 32.1 Å². The molecule has 0 aliphatic carbocycles. The van der Waals surface area contributed by atoms with Gasteiger partial charge in [-0.25, -0.2) is 0 Å². The van der Waals surface area contributed by atoms with E-state index in [-0.39, 0.29) is 11.9 Å². The summed E-state index contributed by atoms with van der Waals surface area (Å²) in [5.41, 5.74) is 5.69. The predicted octanol–water partition coefficient (Wildman–Crippen LogP) is 1.10. The van der Waals surface area contributed by atoms with Crippen LogP contribution in [0.5, 0.6) is 0 Å². The molecule has 0 saturated carbocycles. The summed E-state index contributed by atoms with van der Waals surface area (Å²) >= 11 is 0. The van der Waals surface area contributed by atoms with Gasteiger partial charge in [0.25, 0.3) is 0 Å². The zero-order valence-electron chi connectivity index (χ0n) is 11.2. The molecule has 1 aliphatic heterocycles. The molecule has 1 aliphatic rings. The van der Waals surface area contributed by atoms with E-state index in [2.05, 4.69) is 24.1 Å². The molecular weight excluding hydrogens is 214 g/mol. The largest absolute Gasteiger partial charge is 0.355 e. The first-order valence-electron chi connectivity index (χ1n) is 6.98. The molecule has 0 aromatic rings. The van der Waals surface area contributed by atoms with Crippen molar-refractivity contribution in [3.05, 3.63) is 0 Å². The highest BCUT2D eigenvalue weighted by molar-refractivity contribution is 5.82. The fraction of sp³-hybridized carbons (Fsp3) is 0.923. The molecule has 0 aromatic carbocycles. The average Bonchev–Trinajstić information content (AvgIpc) is 2.54. The molecule has 1 amide bonds. The monoisotopic (exact) mass is 241 g/mol. The third-order valence-corrected chi connectivity index (χ3v) is 3.71. The third-order valence-electron chi connectivity index (χ3n) is 3.71. The third kappa shape index (κ3) is 3.96. The van der Waals surface area contributed by atoms with E-state index in [9.17, 15) is 4.79 Å². The van der Waals surface area contributed by atoms with Crippen molar-refractivity contribution >= 4 is 5.91 Å².